The zero-order chi connectivity index (χ0) is 15.5. The summed E-state index contributed by atoms with van der Waals surface area (Å²) in [7, 11) is 3.22. The molecule has 1 aliphatic rings. The highest BCUT2D eigenvalue weighted by molar-refractivity contribution is 6.13. The molecule has 0 fully saturated rings. The van der Waals surface area contributed by atoms with Gasteiger partial charge in [0.05, 0.1) is 14.2 Å². The van der Waals surface area contributed by atoms with Crippen LogP contribution in [0.5, 0.6) is 11.5 Å². The highest BCUT2D eigenvalue weighted by Gasteiger charge is 2.21. The van der Waals surface area contributed by atoms with Crippen molar-refractivity contribution >= 4 is 11.9 Å². The van der Waals surface area contributed by atoms with Gasteiger partial charge in [0, 0.05) is 16.7 Å². The van der Waals surface area contributed by atoms with E-state index in [0.717, 1.165) is 35.1 Å². The number of hydrogen-bond acceptors (Lipinski definition) is 3. The summed E-state index contributed by atoms with van der Waals surface area (Å²) in [4.78, 5) is 12.6. The van der Waals surface area contributed by atoms with E-state index in [-0.39, 0.29) is 5.78 Å². The third kappa shape index (κ3) is 2.50. The molecule has 0 atom stereocenters. The first-order valence-electron chi connectivity index (χ1n) is 7.28. The molecule has 1 aliphatic carbocycles. The van der Waals surface area contributed by atoms with Gasteiger partial charge in [-0.25, -0.2) is 0 Å². The number of aryl methyl sites for hydroxylation is 1. The number of hydrogen-bond donors (Lipinski definition) is 0. The van der Waals surface area contributed by atoms with Crippen LogP contribution >= 0.6 is 0 Å². The quantitative estimate of drug-likeness (QED) is 0.805. The van der Waals surface area contributed by atoms with Crippen molar-refractivity contribution in [1.82, 2.24) is 0 Å². The topological polar surface area (TPSA) is 35.5 Å². The van der Waals surface area contributed by atoms with Crippen LogP contribution in [-0.2, 0) is 6.42 Å². The van der Waals surface area contributed by atoms with Crippen LogP contribution in [0.1, 0.15) is 27.9 Å². The van der Waals surface area contributed by atoms with Gasteiger partial charge in [-0.2, -0.15) is 0 Å². The summed E-state index contributed by atoms with van der Waals surface area (Å²) in [5.41, 5.74) is 3.61. The number of para-hydroxylation sites is 1. The molecule has 2 aromatic carbocycles. The van der Waals surface area contributed by atoms with E-state index >= 15 is 0 Å². The summed E-state index contributed by atoms with van der Waals surface area (Å²) in [6, 6.07) is 13.5. The van der Waals surface area contributed by atoms with Crippen molar-refractivity contribution in [2.24, 2.45) is 0 Å². The van der Waals surface area contributed by atoms with Crippen molar-refractivity contribution in [3.8, 4) is 11.5 Å². The molecule has 3 rings (SSSR count). The molecule has 22 heavy (non-hydrogen) atoms. The lowest BCUT2D eigenvalue weighted by Crippen LogP contribution is -2.13. The molecular formula is C19H18O3. The molecule has 0 saturated heterocycles. The molecule has 0 unspecified atom stereocenters. The van der Waals surface area contributed by atoms with Gasteiger partial charge in [0.15, 0.2) is 17.3 Å². The molecule has 112 valence electrons. The summed E-state index contributed by atoms with van der Waals surface area (Å²) < 4.78 is 10.7. The molecule has 3 heteroatoms. The number of ether oxygens (including phenoxy) is 2. The summed E-state index contributed by atoms with van der Waals surface area (Å²) in [5, 5.41) is 0. The fourth-order valence-electron chi connectivity index (χ4n) is 2.87. The lowest BCUT2D eigenvalue weighted by molar-refractivity contribution is 0.102. The highest BCUT2D eigenvalue weighted by Crippen LogP contribution is 2.34. The van der Waals surface area contributed by atoms with E-state index in [2.05, 4.69) is 0 Å². The van der Waals surface area contributed by atoms with Crippen LogP contribution < -0.4 is 9.47 Å². The summed E-state index contributed by atoms with van der Waals surface area (Å²) in [5.74, 6) is 1.43. The smallest absolute Gasteiger partial charge is 0.189 e. The van der Waals surface area contributed by atoms with E-state index in [4.69, 9.17) is 9.47 Å². The second-order valence-corrected chi connectivity index (χ2v) is 5.24. The van der Waals surface area contributed by atoms with E-state index in [0.29, 0.717) is 11.5 Å². The molecule has 0 aromatic heterocycles. The summed E-state index contributed by atoms with van der Waals surface area (Å²) >= 11 is 0. The van der Waals surface area contributed by atoms with Crippen molar-refractivity contribution in [2.45, 2.75) is 12.8 Å². The predicted molar refractivity (Wildman–Crippen MR) is 86.6 cm³/mol. The van der Waals surface area contributed by atoms with E-state index in [1.54, 1.807) is 14.2 Å². The number of fused-ring (bicyclic) bond motifs is 1. The van der Waals surface area contributed by atoms with Crippen molar-refractivity contribution in [3.63, 3.8) is 0 Å². The average Bonchev–Trinajstić information content (AvgIpc) is 2.57. The lowest BCUT2D eigenvalue weighted by atomic mass is 9.86. The Balaban J connectivity index is 2.02. The fourth-order valence-corrected chi connectivity index (χ4v) is 2.87. The molecule has 0 saturated carbocycles. The van der Waals surface area contributed by atoms with Crippen LogP contribution in [0.3, 0.4) is 0 Å². The molecule has 0 amide bonds. The fraction of sp³-hybridized carbons (Fsp3) is 0.211. The SMILES string of the molecule is COc1cccc(C=C2CCc3ccccc3C2=O)c1OC. The Morgan fingerprint density at radius 1 is 0.955 bits per heavy atom. The average molecular weight is 294 g/mol. The van der Waals surface area contributed by atoms with E-state index in [1.807, 2.05) is 48.5 Å². The zero-order valence-corrected chi connectivity index (χ0v) is 12.8. The number of methoxy groups -OCH3 is 2. The zero-order valence-electron chi connectivity index (χ0n) is 12.8. The van der Waals surface area contributed by atoms with Crippen molar-refractivity contribution in [3.05, 3.63) is 64.7 Å². The van der Waals surface area contributed by atoms with E-state index in [9.17, 15) is 4.79 Å². The van der Waals surface area contributed by atoms with Crippen LogP contribution in [0.2, 0.25) is 0 Å². The number of carbonyl (C=O) groups is 1. The molecule has 0 radical (unpaired) electrons. The minimum absolute atomic E-state index is 0.103. The summed E-state index contributed by atoms with van der Waals surface area (Å²) in [6.45, 7) is 0. The molecule has 0 heterocycles. The second kappa shape index (κ2) is 6.06. The van der Waals surface area contributed by atoms with Crippen molar-refractivity contribution in [1.29, 1.82) is 0 Å². The van der Waals surface area contributed by atoms with Gasteiger partial charge in [-0.1, -0.05) is 36.4 Å². The molecule has 0 aliphatic heterocycles. The van der Waals surface area contributed by atoms with Gasteiger partial charge in [-0.05, 0) is 30.5 Å². The Hall–Kier alpha value is -2.55. The lowest BCUT2D eigenvalue weighted by Gasteiger charge is -2.18. The first-order chi connectivity index (χ1) is 10.7. The Kier molecular flexibility index (Phi) is 3.96. The Bertz CT molecular complexity index is 744. The summed E-state index contributed by atoms with van der Waals surface area (Å²) in [6.07, 6.45) is 3.55. The number of Topliss-reactive ketones (excluding diaryl/α,β-unsaturated/α-hetero) is 1. The van der Waals surface area contributed by atoms with Gasteiger partial charge < -0.3 is 9.47 Å². The maximum Gasteiger partial charge on any atom is 0.189 e. The third-order valence-electron chi connectivity index (χ3n) is 3.98. The van der Waals surface area contributed by atoms with E-state index < -0.39 is 0 Å². The highest BCUT2D eigenvalue weighted by atomic mass is 16.5. The Morgan fingerprint density at radius 3 is 2.55 bits per heavy atom. The van der Waals surface area contributed by atoms with Gasteiger partial charge in [0.25, 0.3) is 0 Å². The van der Waals surface area contributed by atoms with Gasteiger partial charge in [0.1, 0.15) is 0 Å². The van der Waals surface area contributed by atoms with Gasteiger partial charge in [-0.3, -0.25) is 4.79 Å². The first kappa shape index (κ1) is 14.4. The van der Waals surface area contributed by atoms with Crippen LogP contribution in [0.25, 0.3) is 6.08 Å². The maximum atomic E-state index is 12.6. The van der Waals surface area contributed by atoms with E-state index in [1.165, 1.54) is 0 Å². The standard InChI is InChI=1S/C19H18O3/c1-21-17-9-5-7-15(19(17)22-2)12-14-11-10-13-6-3-4-8-16(13)18(14)20/h3-9,12H,10-11H2,1-2H3. The molecule has 3 nitrogen and oxygen atoms in total. The largest absolute Gasteiger partial charge is 0.493 e. The van der Waals surface area contributed by atoms with Crippen molar-refractivity contribution in [2.75, 3.05) is 14.2 Å². The van der Waals surface area contributed by atoms with Crippen LogP contribution in [-0.4, -0.2) is 20.0 Å². The number of carbonyl (C=O) groups excluding carboxylic acids is 1. The minimum Gasteiger partial charge on any atom is -0.493 e. The van der Waals surface area contributed by atoms with Gasteiger partial charge in [0.2, 0.25) is 0 Å². The predicted octanol–water partition coefficient (Wildman–Crippen LogP) is 3.92. The second-order valence-electron chi connectivity index (χ2n) is 5.24. The molecular weight excluding hydrogens is 276 g/mol. The van der Waals surface area contributed by atoms with Crippen LogP contribution in [0, 0.1) is 0 Å². The first-order valence-corrected chi connectivity index (χ1v) is 7.28. The number of allylic oxidation sites excluding steroid dienone is 1. The molecule has 0 bridgehead atoms. The van der Waals surface area contributed by atoms with Gasteiger partial charge >= 0.3 is 0 Å². The number of rotatable bonds is 3. The monoisotopic (exact) mass is 294 g/mol. The molecule has 0 spiro atoms. The van der Waals surface area contributed by atoms with Crippen molar-refractivity contribution < 1.29 is 14.3 Å². The third-order valence-corrected chi connectivity index (χ3v) is 3.98. The minimum atomic E-state index is 0.103. The molecule has 0 N–H and O–H groups in total. The molecule has 2 aromatic rings. The van der Waals surface area contributed by atoms with Crippen LogP contribution in [0.15, 0.2) is 48.0 Å². The normalized spacial score (nSPS) is 15.5. The number of benzene rings is 2. The number of ketones is 1. The Morgan fingerprint density at radius 2 is 1.77 bits per heavy atom. The maximum absolute atomic E-state index is 12.6. The Labute approximate surface area is 130 Å². The van der Waals surface area contributed by atoms with Crippen LogP contribution in [0.4, 0.5) is 0 Å². The van der Waals surface area contributed by atoms with Gasteiger partial charge in [-0.15, -0.1) is 0 Å².